The van der Waals surface area contributed by atoms with Gasteiger partial charge in [-0.15, -0.1) is 0 Å². The molecule has 0 bridgehead atoms. The van der Waals surface area contributed by atoms with Gasteiger partial charge in [0.05, 0.1) is 6.54 Å². The molecule has 0 radical (unpaired) electrons. The van der Waals surface area contributed by atoms with Crippen LogP contribution >= 0.6 is 0 Å². The third-order valence-electron chi connectivity index (χ3n) is 4.56. The molecule has 22 heavy (non-hydrogen) atoms. The third kappa shape index (κ3) is 3.06. The highest BCUT2D eigenvalue weighted by Gasteiger charge is 2.33. The summed E-state index contributed by atoms with van der Waals surface area (Å²) >= 11 is 0. The lowest BCUT2D eigenvalue weighted by molar-refractivity contribution is 0.0834. The third-order valence-corrected chi connectivity index (χ3v) is 4.56. The zero-order valence-corrected chi connectivity index (χ0v) is 12.8. The topological polar surface area (TPSA) is 63.1 Å². The number of aryl methyl sites for hydroxylation is 1. The summed E-state index contributed by atoms with van der Waals surface area (Å²) in [5.41, 5.74) is -0.859. The Labute approximate surface area is 128 Å². The number of halogens is 1. The highest BCUT2D eigenvalue weighted by molar-refractivity contribution is 5.95. The molecule has 0 atom stereocenters. The first-order valence-electron chi connectivity index (χ1n) is 7.90. The Morgan fingerprint density at radius 1 is 1.45 bits per heavy atom. The number of hydrogen-bond donors (Lipinski definition) is 2. The molecule has 2 heterocycles. The second-order valence-corrected chi connectivity index (χ2v) is 6.40. The van der Waals surface area contributed by atoms with Gasteiger partial charge < -0.3 is 15.2 Å². The molecule has 0 spiro atoms. The Morgan fingerprint density at radius 2 is 2.14 bits per heavy atom. The Kier molecular flexibility index (Phi) is 4.04. The number of rotatable bonds is 4. The predicted molar refractivity (Wildman–Crippen MR) is 82.0 cm³/mol. The van der Waals surface area contributed by atoms with Crippen molar-refractivity contribution in [3.05, 3.63) is 33.7 Å². The van der Waals surface area contributed by atoms with Gasteiger partial charge >= 0.3 is 0 Å². The molecule has 120 valence electrons. The summed E-state index contributed by atoms with van der Waals surface area (Å²) in [6.07, 6.45) is 4.46. The molecule has 3 rings (SSSR count). The second-order valence-electron chi connectivity index (χ2n) is 6.40. The van der Waals surface area contributed by atoms with E-state index in [0.717, 1.165) is 12.8 Å². The monoisotopic (exact) mass is 307 g/mol. The van der Waals surface area contributed by atoms with Gasteiger partial charge in [-0.1, -0.05) is 0 Å². The summed E-state index contributed by atoms with van der Waals surface area (Å²) in [6, 6.07) is 2.00. The summed E-state index contributed by atoms with van der Waals surface area (Å²) < 4.78 is 16.2. The standard InChI is InChI=1S/C16H22FN3O2/c1-11-4-9-20(12-2-3-12)15(22)13(11)14(21)19-10-16(17)5-7-18-8-6-16/h4,9,12,18H,2-3,5-8,10H2,1H3,(H,19,21). The number of carbonyl (C=O) groups excluding carboxylic acids is 1. The lowest BCUT2D eigenvalue weighted by Gasteiger charge is -2.30. The molecule has 2 N–H and O–H groups in total. The lowest BCUT2D eigenvalue weighted by atomic mass is 9.94. The van der Waals surface area contributed by atoms with E-state index >= 15 is 0 Å². The first kappa shape index (κ1) is 15.2. The SMILES string of the molecule is Cc1ccn(C2CC2)c(=O)c1C(=O)NCC1(F)CCNCC1. The van der Waals surface area contributed by atoms with E-state index < -0.39 is 11.6 Å². The molecular weight excluding hydrogens is 285 g/mol. The number of pyridine rings is 1. The largest absolute Gasteiger partial charge is 0.349 e. The molecule has 1 aliphatic heterocycles. The number of nitrogens with zero attached hydrogens (tertiary/aromatic N) is 1. The number of aromatic nitrogens is 1. The maximum Gasteiger partial charge on any atom is 0.263 e. The van der Waals surface area contributed by atoms with Crippen molar-refractivity contribution >= 4 is 5.91 Å². The Bertz CT molecular complexity index is 631. The fourth-order valence-electron chi connectivity index (χ4n) is 2.94. The lowest BCUT2D eigenvalue weighted by Crippen LogP contribution is -2.47. The van der Waals surface area contributed by atoms with Gasteiger partial charge in [-0.2, -0.15) is 0 Å². The maximum absolute atomic E-state index is 14.5. The van der Waals surface area contributed by atoms with Crippen molar-refractivity contribution in [1.29, 1.82) is 0 Å². The van der Waals surface area contributed by atoms with Gasteiger partial charge in [0.25, 0.3) is 11.5 Å². The van der Waals surface area contributed by atoms with Crippen LogP contribution in [0.1, 0.15) is 47.6 Å². The van der Waals surface area contributed by atoms with E-state index in [1.165, 1.54) is 0 Å². The van der Waals surface area contributed by atoms with E-state index in [1.807, 2.05) is 0 Å². The molecular formula is C16H22FN3O2. The van der Waals surface area contributed by atoms with Crippen molar-refractivity contribution < 1.29 is 9.18 Å². The van der Waals surface area contributed by atoms with Crippen LogP contribution in [0.2, 0.25) is 0 Å². The first-order chi connectivity index (χ1) is 10.5. The second kappa shape index (κ2) is 5.83. The smallest absolute Gasteiger partial charge is 0.263 e. The normalized spacial score (nSPS) is 20.6. The summed E-state index contributed by atoms with van der Waals surface area (Å²) in [5.74, 6) is -0.465. The minimum Gasteiger partial charge on any atom is -0.349 e. The first-order valence-corrected chi connectivity index (χ1v) is 7.90. The molecule has 1 aliphatic carbocycles. The zero-order chi connectivity index (χ0) is 15.7. The molecule has 6 heteroatoms. The van der Waals surface area contributed by atoms with Crippen molar-refractivity contribution in [3.63, 3.8) is 0 Å². The average Bonchev–Trinajstić information content (AvgIpc) is 3.31. The maximum atomic E-state index is 14.5. The minimum absolute atomic E-state index is 0.0370. The molecule has 1 saturated carbocycles. The quantitative estimate of drug-likeness (QED) is 0.882. The Balaban J connectivity index is 1.74. The van der Waals surface area contributed by atoms with Crippen LogP contribution in [0.25, 0.3) is 0 Å². The van der Waals surface area contributed by atoms with Crippen LogP contribution in [0.5, 0.6) is 0 Å². The van der Waals surface area contributed by atoms with Crippen molar-refractivity contribution in [1.82, 2.24) is 15.2 Å². The molecule has 1 aromatic heterocycles. The predicted octanol–water partition coefficient (Wildman–Crippen LogP) is 1.31. The fraction of sp³-hybridized carbons (Fsp3) is 0.625. The number of carbonyl (C=O) groups is 1. The molecule has 5 nitrogen and oxygen atoms in total. The Morgan fingerprint density at radius 3 is 2.77 bits per heavy atom. The molecule has 1 aromatic rings. The molecule has 0 unspecified atom stereocenters. The van der Waals surface area contributed by atoms with Crippen LogP contribution in [0.15, 0.2) is 17.1 Å². The van der Waals surface area contributed by atoms with Crippen LogP contribution in [0, 0.1) is 6.92 Å². The van der Waals surface area contributed by atoms with Crippen molar-refractivity contribution in [2.75, 3.05) is 19.6 Å². The summed E-state index contributed by atoms with van der Waals surface area (Å²) in [5, 5.41) is 5.72. The molecule has 0 aromatic carbocycles. The number of hydrogen-bond acceptors (Lipinski definition) is 3. The summed E-state index contributed by atoms with van der Waals surface area (Å²) in [4.78, 5) is 24.8. The highest BCUT2D eigenvalue weighted by Crippen LogP contribution is 2.33. The number of amides is 1. The van der Waals surface area contributed by atoms with Crippen molar-refractivity contribution in [2.24, 2.45) is 0 Å². The van der Waals surface area contributed by atoms with Crippen LogP contribution < -0.4 is 16.2 Å². The number of nitrogens with one attached hydrogen (secondary N) is 2. The highest BCUT2D eigenvalue weighted by atomic mass is 19.1. The van der Waals surface area contributed by atoms with Gasteiger partial charge in [-0.25, -0.2) is 4.39 Å². The van der Waals surface area contributed by atoms with Gasteiger partial charge in [0.2, 0.25) is 0 Å². The van der Waals surface area contributed by atoms with Gasteiger partial charge in [0.15, 0.2) is 0 Å². The molecule has 1 amide bonds. The van der Waals surface area contributed by atoms with Crippen LogP contribution in [-0.2, 0) is 0 Å². The number of piperidine rings is 1. The van der Waals surface area contributed by atoms with E-state index in [0.29, 0.717) is 31.5 Å². The summed E-state index contributed by atoms with van der Waals surface area (Å²) in [7, 11) is 0. The average molecular weight is 307 g/mol. The van der Waals surface area contributed by atoms with E-state index in [1.54, 1.807) is 23.8 Å². The van der Waals surface area contributed by atoms with E-state index in [-0.39, 0.29) is 23.7 Å². The molecule has 2 fully saturated rings. The Hall–Kier alpha value is -1.69. The van der Waals surface area contributed by atoms with Crippen LogP contribution in [0.4, 0.5) is 4.39 Å². The van der Waals surface area contributed by atoms with Gasteiger partial charge in [0, 0.05) is 12.2 Å². The fourth-order valence-corrected chi connectivity index (χ4v) is 2.94. The van der Waals surface area contributed by atoms with E-state index in [2.05, 4.69) is 10.6 Å². The number of alkyl halides is 1. The minimum atomic E-state index is -1.38. The van der Waals surface area contributed by atoms with Crippen LogP contribution in [0.3, 0.4) is 0 Å². The van der Waals surface area contributed by atoms with Crippen LogP contribution in [-0.4, -0.2) is 35.8 Å². The van der Waals surface area contributed by atoms with Crippen molar-refractivity contribution in [2.45, 2.75) is 44.3 Å². The van der Waals surface area contributed by atoms with Crippen molar-refractivity contribution in [3.8, 4) is 0 Å². The van der Waals surface area contributed by atoms with Gasteiger partial charge in [0.1, 0.15) is 11.2 Å². The molecule has 1 saturated heterocycles. The van der Waals surface area contributed by atoms with Gasteiger partial charge in [-0.05, 0) is 57.3 Å². The van der Waals surface area contributed by atoms with E-state index in [9.17, 15) is 14.0 Å². The molecule has 2 aliphatic rings. The van der Waals surface area contributed by atoms with Gasteiger partial charge in [-0.3, -0.25) is 9.59 Å². The zero-order valence-electron chi connectivity index (χ0n) is 12.8. The van der Waals surface area contributed by atoms with E-state index in [4.69, 9.17) is 0 Å². The summed E-state index contributed by atoms with van der Waals surface area (Å²) in [6.45, 7) is 2.93.